The fourth-order valence-corrected chi connectivity index (χ4v) is 5.85. The van der Waals surface area contributed by atoms with E-state index < -0.39 is 26.5 Å². The Hall–Kier alpha value is -1.25. The molecule has 0 fully saturated rings. The van der Waals surface area contributed by atoms with Crippen LogP contribution in [0.1, 0.15) is 174 Å². The zero-order valence-corrected chi connectivity index (χ0v) is 30.5. The van der Waals surface area contributed by atoms with Gasteiger partial charge < -0.3 is 20.1 Å². The van der Waals surface area contributed by atoms with Gasteiger partial charge in [-0.15, -0.1) is 0 Å². The number of ether oxygens (including phenoxy) is 2. The van der Waals surface area contributed by atoms with Crippen molar-refractivity contribution in [1.82, 2.24) is 0 Å². The van der Waals surface area contributed by atoms with Crippen LogP contribution in [0.5, 0.6) is 0 Å². The second kappa shape index (κ2) is 33.6. The van der Waals surface area contributed by atoms with Gasteiger partial charge in [0.2, 0.25) is 0 Å². The number of phosphoric ester groups is 1. The minimum Gasteiger partial charge on any atom is -0.462 e. The van der Waals surface area contributed by atoms with Gasteiger partial charge in [-0.25, -0.2) is 4.57 Å². The van der Waals surface area contributed by atoms with E-state index in [9.17, 15) is 19.0 Å². The molecule has 0 aliphatic rings. The third-order valence-corrected chi connectivity index (χ3v) is 8.89. The van der Waals surface area contributed by atoms with Gasteiger partial charge >= 0.3 is 19.8 Å². The lowest BCUT2D eigenvalue weighted by atomic mass is 10.0. The number of phosphoric acid groups is 1. The molecule has 2 unspecified atom stereocenters. The van der Waals surface area contributed by atoms with Crippen molar-refractivity contribution in [3.63, 3.8) is 0 Å². The van der Waals surface area contributed by atoms with Crippen LogP contribution < -0.4 is 5.73 Å². The Morgan fingerprint density at radius 2 is 1.09 bits per heavy atom. The summed E-state index contributed by atoms with van der Waals surface area (Å²) in [6.45, 7) is 3.68. The van der Waals surface area contributed by atoms with E-state index in [2.05, 4.69) is 26.0 Å². The number of hydrogen-bond acceptors (Lipinski definition) is 8. The van der Waals surface area contributed by atoms with Crippen LogP contribution in [0.3, 0.4) is 0 Å². The molecule has 0 amide bonds. The number of carbonyl (C=O) groups is 2. The summed E-state index contributed by atoms with van der Waals surface area (Å²) in [5.74, 6) is -0.835. The van der Waals surface area contributed by atoms with Crippen LogP contribution in [0.2, 0.25) is 0 Å². The summed E-state index contributed by atoms with van der Waals surface area (Å²) in [5, 5.41) is 0. The normalized spacial score (nSPS) is 13.6. The van der Waals surface area contributed by atoms with Crippen molar-refractivity contribution in [1.29, 1.82) is 0 Å². The summed E-state index contributed by atoms with van der Waals surface area (Å²) in [7, 11) is -4.36. The van der Waals surface area contributed by atoms with Crippen molar-refractivity contribution in [2.45, 2.75) is 180 Å². The van der Waals surface area contributed by atoms with E-state index in [-0.39, 0.29) is 38.6 Å². The van der Waals surface area contributed by atoms with E-state index in [0.717, 1.165) is 57.8 Å². The zero-order valence-electron chi connectivity index (χ0n) is 29.6. The predicted octanol–water partition coefficient (Wildman–Crippen LogP) is 9.88. The molecule has 0 saturated heterocycles. The van der Waals surface area contributed by atoms with E-state index in [4.69, 9.17) is 24.3 Å². The molecule has 2 atom stereocenters. The molecular weight excluding hydrogens is 605 g/mol. The quantitative estimate of drug-likeness (QED) is 0.0291. The summed E-state index contributed by atoms with van der Waals surface area (Å²) in [4.78, 5) is 34.6. The van der Waals surface area contributed by atoms with E-state index in [1.165, 1.54) is 83.5 Å². The molecule has 0 radical (unpaired) electrons. The lowest BCUT2D eigenvalue weighted by molar-refractivity contribution is -0.161. The second-order valence-electron chi connectivity index (χ2n) is 12.4. The Labute approximate surface area is 281 Å². The Bertz CT molecular complexity index is 779. The Morgan fingerprint density at radius 3 is 1.61 bits per heavy atom. The maximum absolute atomic E-state index is 12.5. The number of unbranched alkanes of at least 4 members (excludes halogenated alkanes) is 20. The summed E-state index contributed by atoms with van der Waals surface area (Å²) in [5.41, 5.74) is 5.32. The Morgan fingerprint density at radius 1 is 0.630 bits per heavy atom. The standard InChI is InChI=1S/C36H70NO8P/c1-3-5-7-9-11-13-15-16-17-19-20-22-24-26-28-35(38)42-32-34(33-44-46(40,41)43-31-30-37)45-36(39)29-27-25-23-21-18-14-12-10-8-6-4-2/h10,12,34H,3-9,11,13-33,37H2,1-2H3,(H,40,41)/b12-10-. The molecule has 0 spiro atoms. The first kappa shape index (κ1) is 44.8. The van der Waals surface area contributed by atoms with Gasteiger partial charge in [0.05, 0.1) is 13.2 Å². The summed E-state index contributed by atoms with van der Waals surface area (Å²) in [6, 6.07) is 0. The van der Waals surface area contributed by atoms with Crippen molar-refractivity contribution in [2.24, 2.45) is 5.73 Å². The van der Waals surface area contributed by atoms with Gasteiger partial charge in [0.1, 0.15) is 6.61 Å². The smallest absolute Gasteiger partial charge is 0.462 e. The third kappa shape index (κ3) is 32.7. The highest BCUT2D eigenvalue weighted by Crippen LogP contribution is 2.43. The summed E-state index contributed by atoms with van der Waals surface area (Å²) in [6.07, 6.45) is 31.0. The van der Waals surface area contributed by atoms with Crippen molar-refractivity contribution in [3.8, 4) is 0 Å². The zero-order chi connectivity index (χ0) is 34.0. The average Bonchev–Trinajstić information content (AvgIpc) is 3.04. The van der Waals surface area contributed by atoms with Crippen molar-refractivity contribution >= 4 is 19.8 Å². The highest BCUT2D eigenvalue weighted by molar-refractivity contribution is 7.47. The largest absolute Gasteiger partial charge is 0.472 e. The van der Waals surface area contributed by atoms with Crippen molar-refractivity contribution in [3.05, 3.63) is 12.2 Å². The fraction of sp³-hybridized carbons (Fsp3) is 0.889. The molecule has 0 rings (SSSR count). The molecule has 0 aliphatic carbocycles. The highest BCUT2D eigenvalue weighted by atomic mass is 31.2. The van der Waals surface area contributed by atoms with Crippen LogP contribution in [-0.2, 0) is 32.7 Å². The molecule has 0 aromatic heterocycles. The predicted molar refractivity (Wildman–Crippen MR) is 188 cm³/mol. The molecule has 0 heterocycles. The molecule has 0 bridgehead atoms. The number of nitrogens with two attached hydrogens (primary N) is 1. The van der Waals surface area contributed by atoms with Gasteiger partial charge in [-0.2, -0.15) is 0 Å². The van der Waals surface area contributed by atoms with Crippen LogP contribution in [0.4, 0.5) is 0 Å². The van der Waals surface area contributed by atoms with E-state index in [0.29, 0.717) is 6.42 Å². The van der Waals surface area contributed by atoms with Gasteiger partial charge in [0.25, 0.3) is 0 Å². The van der Waals surface area contributed by atoms with Crippen molar-refractivity contribution in [2.75, 3.05) is 26.4 Å². The van der Waals surface area contributed by atoms with E-state index >= 15 is 0 Å². The van der Waals surface area contributed by atoms with Gasteiger partial charge in [0, 0.05) is 19.4 Å². The van der Waals surface area contributed by atoms with Crippen LogP contribution in [0.25, 0.3) is 0 Å². The maximum atomic E-state index is 12.5. The maximum Gasteiger partial charge on any atom is 0.472 e. The topological polar surface area (TPSA) is 134 Å². The summed E-state index contributed by atoms with van der Waals surface area (Å²) < 4.78 is 32.6. The van der Waals surface area contributed by atoms with Crippen LogP contribution in [0, 0.1) is 0 Å². The molecule has 272 valence electrons. The van der Waals surface area contributed by atoms with Gasteiger partial charge in [-0.3, -0.25) is 18.6 Å². The van der Waals surface area contributed by atoms with E-state index in [1.807, 2.05) is 0 Å². The first-order valence-electron chi connectivity index (χ1n) is 18.7. The number of esters is 2. The number of rotatable bonds is 35. The lowest BCUT2D eigenvalue weighted by Gasteiger charge is -2.19. The number of allylic oxidation sites excluding steroid dienone is 2. The molecular formula is C36H70NO8P. The SMILES string of the molecule is CCCC/C=C\CCCCCCCC(=O)OC(COC(=O)CCCCCCCCCCCCCCCC)COP(=O)(O)OCCN. The van der Waals surface area contributed by atoms with Gasteiger partial charge in [-0.1, -0.05) is 142 Å². The lowest BCUT2D eigenvalue weighted by Crippen LogP contribution is -2.29. The Kier molecular flexibility index (Phi) is 32.7. The number of carbonyl (C=O) groups excluding carboxylic acids is 2. The van der Waals surface area contributed by atoms with Gasteiger partial charge in [0.15, 0.2) is 6.10 Å². The molecule has 3 N–H and O–H groups in total. The summed E-state index contributed by atoms with van der Waals surface area (Å²) >= 11 is 0. The van der Waals surface area contributed by atoms with Crippen molar-refractivity contribution < 1.29 is 37.6 Å². The van der Waals surface area contributed by atoms with E-state index in [1.54, 1.807) is 0 Å². The minimum atomic E-state index is -4.36. The monoisotopic (exact) mass is 675 g/mol. The highest BCUT2D eigenvalue weighted by Gasteiger charge is 2.25. The first-order chi connectivity index (χ1) is 22.3. The second-order valence-corrected chi connectivity index (χ2v) is 13.9. The van der Waals surface area contributed by atoms with Gasteiger partial charge in [-0.05, 0) is 32.1 Å². The fourth-order valence-electron chi connectivity index (χ4n) is 5.09. The molecule has 9 nitrogen and oxygen atoms in total. The molecule has 0 aromatic rings. The van der Waals surface area contributed by atoms with Crippen LogP contribution >= 0.6 is 7.82 Å². The Balaban J connectivity index is 4.21. The molecule has 0 aliphatic heterocycles. The molecule has 0 saturated carbocycles. The minimum absolute atomic E-state index is 0.0544. The molecule has 46 heavy (non-hydrogen) atoms. The first-order valence-corrected chi connectivity index (χ1v) is 20.2. The average molecular weight is 676 g/mol. The third-order valence-electron chi connectivity index (χ3n) is 7.90. The van der Waals surface area contributed by atoms with Crippen LogP contribution in [-0.4, -0.2) is 49.3 Å². The molecule has 0 aromatic carbocycles. The number of hydrogen-bond donors (Lipinski definition) is 2. The molecule has 10 heteroatoms. The van der Waals surface area contributed by atoms with Crippen LogP contribution in [0.15, 0.2) is 12.2 Å².